The van der Waals surface area contributed by atoms with Crippen LogP contribution < -0.4 is 5.56 Å². The second-order valence-electron chi connectivity index (χ2n) is 3.76. The van der Waals surface area contributed by atoms with E-state index in [0.29, 0.717) is 0 Å². The molecule has 0 unspecified atom stereocenters. The van der Waals surface area contributed by atoms with E-state index < -0.39 is 0 Å². The molecule has 0 amide bonds. The van der Waals surface area contributed by atoms with Crippen LogP contribution in [-0.4, -0.2) is 14.8 Å². The quantitative estimate of drug-likeness (QED) is 0.744. The van der Waals surface area contributed by atoms with Crippen molar-refractivity contribution in [2.75, 3.05) is 0 Å². The molecular weight excluding hydrogens is 178 g/mol. The van der Waals surface area contributed by atoms with Crippen LogP contribution in [0.15, 0.2) is 17.1 Å². The van der Waals surface area contributed by atoms with Gasteiger partial charge < -0.3 is 4.98 Å². The second-order valence-corrected chi connectivity index (χ2v) is 3.76. The molecular formula is C10H13N3O. The zero-order chi connectivity index (χ0) is 10.3. The maximum Gasteiger partial charge on any atom is 0.249 e. The summed E-state index contributed by atoms with van der Waals surface area (Å²) in [7, 11) is 0. The number of rotatable bonds is 1. The maximum absolute atomic E-state index is 11.3. The van der Waals surface area contributed by atoms with Crippen LogP contribution in [0.2, 0.25) is 0 Å². The third kappa shape index (κ3) is 1.23. The van der Waals surface area contributed by atoms with E-state index in [0.717, 1.165) is 16.6 Å². The molecule has 4 nitrogen and oxygen atoms in total. The molecule has 0 aliphatic heterocycles. The molecule has 4 heteroatoms. The summed E-state index contributed by atoms with van der Waals surface area (Å²) in [4.78, 5) is 14.1. The van der Waals surface area contributed by atoms with Crippen molar-refractivity contribution in [3.63, 3.8) is 0 Å². The number of fused-ring (bicyclic) bond motifs is 1. The summed E-state index contributed by atoms with van der Waals surface area (Å²) in [5.41, 5.74) is 1.71. The Balaban J connectivity index is 2.85. The molecule has 2 aromatic heterocycles. The molecule has 2 heterocycles. The van der Waals surface area contributed by atoms with Crippen molar-refractivity contribution in [3.05, 3.63) is 28.2 Å². The van der Waals surface area contributed by atoms with E-state index in [-0.39, 0.29) is 11.6 Å². The summed E-state index contributed by atoms with van der Waals surface area (Å²) in [6.07, 6.45) is 1.79. The van der Waals surface area contributed by atoms with Crippen LogP contribution in [0.4, 0.5) is 0 Å². The van der Waals surface area contributed by atoms with E-state index in [4.69, 9.17) is 0 Å². The zero-order valence-corrected chi connectivity index (χ0v) is 8.53. The first kappa shape index (κ1) is 8.99. The van der Waals surface area contributed by atoms with Gasteiger partial charge in [-0.3, -0.25) is 4.79 Å². The highest BCUT2D eigenvalue weighted by atomic mass is 16.1. The number of nitrogens with one attached hydrogen (secondary N) is 1. The molecule has 0 saturated carbocycles. The Hall–Kier alpha value is -1.58. The predicted molar refractivity (Wildman–Crippen MR) is 55.5 cm³/mol. The average Bonchev–Trinajstić information content (AvgIpc) is 2.47. The fourth-order valence-corrected chi connectivity index (χ4v) is 1.59. The van der Waals surface area contributed by atoms with Gasteiger partial charge >= 0.3 is 0 Å². The summed E-state index contributed by atoms with van der Waals surface area (Å²) in [5, 5.41) is 5.26. The third-order valence-corrected chi connectivity index (χ3v) is 2.30. The van der Waals surface area contributed by atoms with Crippen molar-refractivity contribution < 1.29 is 0 Å². The molecule has 0 saturated heterocycles. The summed E-state index contributed by atoms with van der Waals surface area (Å²) in [6, 6.07) is 1.85. The Morgan fingerprint density at radius 2 is 2.21 bits per heavy atom. The van der Waals surface area contributed by atoms with Gasteiger partial charge in [0.15, 0.2) is 0 Å². The maximum atomic E-state index is 11.3. The smallest absolute Gasteiger partial charge is 0.249 e. The standard InChI is InChI=1S/C10H13N3O/c1-6(2)13-10-8(5-11-13)7(3)4-9(14)12-10/h4-6H,1-3H3,(H,12,14). The molecule has 0 bridgehead atoms. The largest absolute Gasteiger partial charge is 0.307 e. The van der Waals surface area contributed by atoms with E-state index in [2.05, 4.69) is 10.1 Å². The number of pyridine rings is 1. The van der Waals surface area contributed by atoms with E-state index in [1.165, 1.54) is 0 Å². The lowest BCUT2D eigenvalue weighted by atomic mass is 10.2. The number of aromatic amines is 1. The van der Waals surface area contributed by atoms with Gasteiger partial charge in [-0.15, -0.1) is 0 Å². The Bertz CT molecular complexity index is 522. The topological polar surface area (TPSA) is 50.7 Å². The number of hydrogen-bond acceptors (Lipinski definition) is 2. The van der Waals surface area contributed by atoms with Crippen LogP contribution in [-0.2, 0) is 0 Å². The highest BCUT2D eigenvalue weighted by molar-refractivity contribution is 5.78. The first-order valence-electron chi connectivity index (χ1n) is 4.66. The average molecular weight is 191 g/mol. The molecule has 0 aliphatic rings. The number of nitrogens with zero attached hydrogens (tertiary/aromatic N) is 2. The lowest BCUT2D eigenvalue weighted by Crippen LogP contribution is -2.10. The number of hydrogen-bond donors (Lipinski definition) is 1. The molecule has 74 valence electrons. The van der Waals surface area contributed by atoms with Crippen molar-refractivity contribution in [3.8, 4) is 0 Å². The van der Waals surface area contributed by atoms with E-state index in [1.54, 1.807) is 12.3 Å². The molecule has 2 rings (SSSR count). The first-order chi connectivity index (χ1) is 6.59. The van der Waals surface area contributed by atoms with Gasteiger partial charge in [-0.2, -0.15) is 5.10 Å². The summed E-state index contributed by atoms with van der Waals surface area (Å²) < 4.78 is 1.82. The lowest BCUT2D eigenvalue weighted by Gasteiger charge is -2.06. The minimum absolute atomic E-state index is 0.0719. The number of H-pyrrole nitrogens is 1. The van der Waals surface area contributed by atoms with Crippen LogP contribution in [0.5, 0.6) is 0 Å². The molecule has 1 N–H and O–H groups in total. The molecule has 14 heavy (non-hydrogen) atoms. The van der Waals surface area contributed by atoms with E-state index >= 15 is 0 Å². The molecule has 0 aliphatic carbocycles. The summed E-state index contributed by atoms with van der Waals surface area (Å²) >= 11 is 0. The first-order valence-corrected chi connectivity index (χ1v) is 4.66. The summed E-state index contributed by atoms with van der Waals surface area (Å²) in [6.45, 7) is 5.99. The highest BCUT2D eigenvalue weighted by Crippen LogP contribution is 2.16. The lowest BCUT2D eigenvalue weighted by molar-refractivity contribution is 0.546. The molecule has 0 spiro atoms. The van der Waals surface area contributed by atoms with Crippen molar-refractivity contribution in [1.29, 1.82) is 0 Å². The van der Waals surface area contributed by atoms with Gasteiger partial charge in [0, 0.05) is 17.5 Å². The highest BCUT2D eigenvalue weighted by Gasteiger charge is 2.08. The van der Waals surface area contributed by atoms with Crippen molar-refractivity contribution in [2.45, 2.75) is 26.8 Å². The van der Waals surface area contributed by atoms with Gasteiger partial charge in [-0.05, 0) is 26.3 Å². The minimum atomic E-state index is -0.0719. The molecule has 0 radical (unpaired) electrons. The normalized spacial score (nSPS) is 11.4. The van der Waals surface area contributed by atoms with Gasteiger partial charge in [-0.1, -0.05) is 0 Å². The fourth-order valence-electron chi connectivity index (χ4n) is 1.59. The van der Waals surface area contributed by atoms with Gasteiger partial charge in [0.05, 0.1) is 6.20 Å². The summed E-state index contributed by atoms with van der Waals surface area (Å²) in [5.74, 6) is 0. The van der Waals surface area contributed by atoms with Crippen molar-refractivity contribution in [2.24, 2.45) is 0 Å². The molecule has 0 atom stereocenters. The fraction of sp³-hybridized carbons (Fsp3) is 0.400. The second kappa shape index (κ2) is 2.97. The van der Waals surface area contributed by atoms with Crippen LogP contribution in [0.3, 0.4) is 0 Å². The van der Waals surface area contributed by atoms with Crippen LogP contribution in [0.25, 0.3) is 11.0 Å². The van der Waals surface area contributed by atoms with Gasteiger partial charge in [0.25, 0.3) is 0 Å². The van der Waals surface area contributed by atoms with Gasteiger partial charge in [-0.25, -0.2) is 4.68 Å². The monoisotopic (exact) mass is 191 g/mol. The molecule has 2 aromatic rings. The van der Waals surface area contributed by atoms with Crippen molar-refractivity contribution in [1.82, 2.24) is 14.8 Å². The Morgan fingerprint density at radius 1 is 1.50 bits per heavy atom. The van der Waals surface area contributed by atoms with Gasteiger partial charge in [0.2, 0.25) is 5.56 Å². The Kier molecular flexibility index (Phi) is 1.91. The minimum Gasteiger partial charge on any atom is -0.307 e. The SMILES string of the molecule is Cc1cc(=O)[nH]c2c1cnn2C(C)C. The number of aromatic nitrogens is 3. The van der Waals surface area contributed by atoms with E-state index in [9.17, 15) is 4.79 Å². The Morgan fingerprint density at radius 3 is 2.86 bits per heavy atom. The third-order valence-electron chi connectivity index (χ3n) is 2.30. The van der Waals surface area contributed by atoms with E-state index in [1.807, 2.05) is 25.5 Å². The predicted octanol–water partition coefficient (Wildman–Crippen LogP) is 1.61. The Labute approximate surface area is 81.6 Å². The number of aryl methyl sites for hydroxylation is 1. The van der Waals surface area contributed by atoms with Gasteiger partial charge in [0.1, 0.15) is 5.65 Å². The van der Waals surface area contributed by atoms with Crippen LogP contribution in [0, 0.1) is 6.92 Å². The van der Waals surface area contributed by atoms with Crippen molar-refractivity contribution >= 4 is 11.0 Å². The van der Waals surface area contributed by atoms with Crippen LogP contribution in [0.1, 0.15) is 25.5 Å². The zero-order valence-electron chi connectivity index (χ0n) is 8.53. The van der Waals surface area contributed by atoms with Crippen LogP contribution >= 0.6 is 0 Å². The molecule has 0 fully saturated rings. The molecule has 0 aromatic carbocycles.